The zero-order chi connectivity index (χ0) is 18.2. The first kappa shape index (κ1) is 15.4. The minimum atomic E-state index is -0.455. The van der Waals surface area contributed by atoms with E-state index in [-0.39, 0.29) is 41.2 Å². The number of nitrogens with zero attached hydrogens (tertiary/aromatic N) is 3. The van der Waals surface area contributed by atoms with Crippen LogP contribution < -0.4 is 0 Å². The monoisotopic (exact) mass is 351 g/mol. The number of rotatable bonds is 3. The Balaban J connectivity index is 1.43. The highest BCUT2D eigenvalue weighted by Gasteiger charge is 2.67. The number of aryl methyl sites for hydroxylation is 1. The number of carbonyl (C=O) groups is 2. The summed E-state index contributed by atoms with van der Waals surface area (Å²) in [5.74, 6) is 0.374. The Morgan fingerprint density at radius 2 is 1.77 bits per heavy atom. The summed E-state index contributed by atoms with van der Waals surface area (Å²) in [5.41, 5.74) is 1.03. The maximum absolute atomic E-state index is 12.8. The van der Waals surface area contributed by atoms with E-state index in [1.165, 1.54) is 12.3 Å². The first-order valence-electron chi connectivity index (χ1n) is 8.82. The van der Waals surface area contributed by atoms with E-state index in [4.69, 9.17) is 0 Å². The summed E-state index contributed by atoms with van der Waals surface area (Å²) < 4.78 is 0. The molecular weight excluding hydrogens is 334 g/mol. The van der Waals surface area contributed by atoms with Crippen LogP contribution >= 0.6 is 0 Å². The number of benzene rings is 1. The molecule has 1 aromatic carbocycles. The lowest BCUT2D eigenvalue weighted by atomic mass is 9.63. The van der Waals surface area contributed by atoms with Crippen molar-refractivity contribution >= 4 is 23.7 Å². The highest BCUT2D eigenvalue weighted by molar-refractivity contribution is 6.06. The van der Waals surface area contributed by atoms with Crippen molar-refractivity contribution < 1.29 is 14.5 Å². The van der Waals surface area contributed by atoms with E-state index in [0.29, 0.717) is 23.0 Å². The van der Waals surface area contributed by atoms with Crippen molar-refractivity contribution in [1.29, 1.82) is 0 Å². The van der Waals surface area contributed by atoms with Gasteiger partial charge in [-0.3, -0.25) is 19.7 Å². The fourth-order valence-corrected chi connectivity index (χ4v) is 5.08. The van der Waals surface area contributed by atoms with Gasteiger partial charge in [-0.15, -0.1) is 0 Å². The van der Waals surface area contributed by atoms with Crippen LogP contribution in [0.15, 0.2) is 35.5 Å². The molecule has 2 saturated carbocycles. The van der Waals surface area contributed by atoms with Gasteiger partial charge in [0.05, 0.1) is 23.0 Å². The first-order valence-corrected chi connectivity index (χ1v) is 8.82. The average Bonchev–Trinajstić information content (AvgIpc) is 3.40. The van der Waals surface area contributed by atoms with E-state index in [9.17, 15) is 19.7 Å². The predicted molar refractivity (Wildman–Crippen MR) is 92.0 cm³/mol. The van der Waals surface area contributed by atoms with Crippen LogP contribution in [0.2, 0.25) is 0 Å². The molecule has 1 saturated heterocycles. The third-order valence-electron chi connectivity index (χ3n) is 6.39. The summed E-state index contributed by atoms with van der Waals surface area (Å²) in [6.45, 7) is 1.66. The van der Waals surface area contributed by atoms with Crippen LogP contribution in [-0.2, 0) is 9.59 Å². The molecule has 4 aliphatic carbocycles. The lowest BCUT2D eigenvalue weighted by Crippen LogP contribution is -2.40. The smallest absolute Gasteiger partial charge is 0.272 e. The SMILES string of the molecule is Cc1ccc(/C=N\N2C(=O)[C@@H]3[C@H]4C=C[C@@H]([C@@H]5C[C@@H]45)[C@H]3C2=O)cc1[N+](=O)[O-]. The minimum absolute atomic E-state index is 0.0102. The van der Waals surface area contributed by atoms with Crippen molar-refractivity contribution in [1.82, 2.24) is 5.01 Å². The fourth-order valence-electron chi connectivity index (χ4n) is 5.08. The highest BCUT2D eigenvalue weighted by atomic mass is 16.6. The van der Waals surface area contributed by atoms with Gasteiger partial charge in [-0.25, -0.2) is 0 Å². The predicted octanol–water partition coefficient (Wildman–Crippen LogP) is 2.29. The second kappa shape index (κ2) is 5.09. The quantitative estimate of drug-likeness (QED) is 0.275. The molecule has 7 heteroatoms. The Kier molecular flexibility index (Phi) is 3.02. The van der Waals surface area contributed by atoms with Gasteiger partial charge in [0.15, 0.2) is 0 Å². The topological polar surface area (TPSA) is 92.9 Å². The molecule has 2 bridgehead atoms. The van der Waals surface area contributed by atoms with Crippen molar-refractivity contribution in [2.24, 2.45) is 40.6 Å². The lowest BCUT2D eigenvalue weighted by molar-refractivity contribution is -0.385. The molecule has 0 radical (unpaired) electrons. The number of hydrogen-bond acceptors (Lipinski definition) is 5. The molecule has 0 aromatic heterocycles. The molecule has 2 amide bonds. The number of imide groups is 1. The lowest BCUT2D eigenvalue weighted by Gasteiger charge is -2.37. The molecule has 1 aromatic rings. The molecule has 0 spiro atoms. The van der Waals surface area contributed by atoms with Crippen molar-refractivity contribution in [2.75, 3.05) is 0 Å². The van der Waals surface area contributed by atoms with Gasteiger partial charge >= 0.3 is 0 Å². The molecular formula is C19H17N3O4. The zero-order valence-corrected chi connectivity index (χ0v) is 14.1. The Morgan fingerprint density at radius 1 is 1.15 bits per heavy atom. The summed E-state index contributed by atoms with van der Waals surface area (Å²) in [7, 11) is 0. The Labute approximate surface area is 149 Å². The Hall–Kier alpha value is -2.83. The maximum atomic E-state index is 12.8. The molecule has 132 valence electrons. The van der Waals surface area contributed by atoms with Crippen molar-refractivity contribution in [3.63, 3.8) is 0 Å². The summed E-state index contributed by atoms with van der Waals surface area (Å²) in [5, 5.41) is 16.1. The normalized spacial score (nSPS) is 36.6. The van der Waals surface area contributed by atoms with Gasteiger partial charge in [0.25, 0.3) is 17.5 Å². The second-order valence-electron chi connectivity index (χ2n) is 7.69. The summed E-state index contributed by atoms with van der Waals surface area (Å²) in [6, 6.07) is 4.71. The van der Waals surface area contributed by atoms with Crippen molar-refractivity contribution in [2.45, 2.75) is 13.3 Å². The number of nitro benzene ring substituents is 1. The number of amides is 2. The van der Waals surface area contributed by atoms with Gasteiger partial charge < -0.3 is 0 Å². The van der Waals surface area contributed by atoms with Crippen LogP contribution in [0.4, 0.5) is 5.69 Å². The van der Waals surface area contributed by atoms with E-state index in [1.54, 1.807) is 19.1 Å². The number of nitro groups is 1. The maximum Gasteiger partial charge on any atom is 0.272 e. The second-order valence-corrected chi connectivity index (χ2v) is 7.69. The van der Waals surface area contributed by atoms with E-state index in [0.717, 1.165) is 11.4 Å². The van der Waals surface area contributed by atoms with Crippen LogP contribution in [0, 0.1) is 52.5 Å². The van der Waals surface area contributed by atoms with Crippen LogP contribution in [0.3, 0.4) is 0 Å². The van der Waals surface area contributed by atoms with Crippen LogP contribution in [-0.4, -0.2) is 28.0 Å². The molecule has 1 heterocycles. The molecule has 6 atom stereocenters. The summed E-state index contributed by atoms with van der Waals surface area (Å²) >= 11 is 0. The fraction of sp³-hybridized carbons (Fsp3) is 0.421. The number of carbonyl (C=O) groups excluding carboxylic acids is 2. The van der Waals surface area contributed by atoms with Crippen LogP contribution in [0.5, 0.6) is 0 Å². The van der Waals surface area contributed by atoms with Gasteiger partial charge in [-0.05, 0) is 37.0 Å². The summed E-state index contributed by atoms with van der Waals surface area (Å²) in [6.07, 6.45) is 6.70. The Morgan fingerprint density at radius 3 is 2.35 bits per heavy atom. The third-order valence-corrected chi connectivity index (χ3v) is 6.39. The van der Waals surface area contributed by atoms with Crippen LogP contribution in [0.25, 0.3) is 0 Å². The van der Waals surface area contributed by atoms with Gasteiger partial charge in [0.2, 0.25) is 0 Å². The molecule has 0 N–H and O–H groups in total. The highest BCUT2D eigenvalue weighted by Crippen LogP contribution is 2.65. The number of hydrazone groups is 1. The van der Waals surface area contributed by atoms with E-state index < -0.39 is 4.92 Å². The Bertz CT molecular complexity index is 885. The zero-order valence-electron chi connectivity index (χ0n) is 14.1. The molecule has 26 heavy (non-hydrogen) atoms. The number of allylic oxidation sites excluding steroid dienone is 2. The molecule has 7 nitrogen and oxygen atoms in total. The third kappa shape index (κ3) is 1.97. The molecule has 5 aliphatic rings. The van der Waals surface area contributed by atoms with Crippen molar-refractivity contribution in [3.8, 4) is 0 Å². The largest absolute Gasteiger partial charge is 0.272 e. The van der Waals surface area contributed by atoms with Crippen molar-refractivity contribution in [3.05, 3.63) is 51.6 Å². The molecule has 0 unspecified atom stereocenters. The standard InChI is InChI=1S/C19H17N3O4/c1-9-2-3-10(6-15(9)22(25)26)8-20-21-18(23)16-11-4-5-12(14-7-13(11)14)17(16)19(21)24/h2-6,8,11-14,16-17H,7H2,1H3/b20-8-/t11-,12-,13-,14-,16+,17+/m0/s1. The average molecular weight is 351 g/mol. The van der Waals surface area contributed by atoms with Crippen LogP contribution in [0.1, 0.15) is 17.5 Å². The van der Waals surface area contributed by atoms with E-state index >= 15 is 0 Å². The molecule has 1 aliphatic heterocycles. The first-order chi connectivity index (χ1) is 12.5. The molecule has 3 fully saturated rings. The molecule has 6 rings (SSSR count). The minimum Gasteiger partial charge on any atom is -0.272 e. The number of hydrogen-bond donors (Lipinski definition) is 0. The van der Waals surface area contributed by atoms with E-state index in [2.05, 4.69) is 17.3 Å². The van der Waals surface area contributed by atoms with E-state index in [1.807, 2.05) is 0 Å². The summed E-state index contributed by atoms with van der Waals surface area (Å²) in [4.78, 5) is 36.2. The van der Waals surface area contributed by atoms with Gasteiger partial charge in [0, 0.05) is 17.2 Å². The van der Waals surface area contributed by atoms with Gasteiger partial charge in [0.1, 0.15) is 0 Å². The van der Waals surface area contributed by atoms with Gasteiger partial charge in [-0.2, -0.15) is 10.1 Å². The van der Waals surface area contributed by atoms with Gasteiger partial charge in [-0.1, -0.05) is 24.3 Å².